The minimum Gasteiger partial charge on any atom is -0.469 e. The van der Waals surface area contributed by atoms with Gasteiger partial charge in [0, 0.05) is 23.1 Å². The van der Waals surface area contributed by atoms with Gasteiger partial charge in [0.25, 0.3) is 0 Å². The summed E-state index contributed by atoms with van der Waals surface area (Å²) >= 11 is 0. The van der Waals surface area contributed by atoms with E-state index in [-0.39, 0.29) is 11.9 Å². The van der Waals surface area contributed by atoms with Crippen molar-refractivity contribution in [2.75, 3.05) is 20.8 Å². The molecule has 2 unspecified atom stereocenters. The highest BCUT2D eigenvalue weighted by Crippen LogP contribution is 2.37. The number of carbonyl (C=O) groups is 2. The zero-order valence-electron chi connectivity index (χ0n) is 11.8. The molecule has 1 aromatic heterocycles. The number of aromatic amines is 1. The van der Waals surface area contributed by atoms with E-state index in [0.717, 1.165) is 16.5 Å². The minimum absolute atomic E-state index is 0.322. The second-order valence-electron chi connectivity index (χ2n) is 4.94. The Hall–Kier alpha value is -2.34. The fourth-order valence-corrected chi connectivity index (χ4v) is 2.89. The van der Waals surface area contributed by atoms with Crippen molar-refractivity contribution in [2.45, 2.75) is 12.0 Å². The first kappa shape index (κ1) is 13.6. The molecule has 0 bridgehead atoms. The highest BCUT2D eigenvalue weighted by molar-refractivity contribution is 5.94. The minimum atomic E-state index is -0.599. The molecule has 0 fully saturated rings. The summed E-state index contributed by atoms with van der Waals surface area (Å²) < 4.78 is 9.70. The number of nitrogens with one attached hydrogen (secondary N) is 2. The van der Waals surface area contributed by atoms with Crippen LogP contribution in [0.5, 0.6) is 0 Å². The molecule has 2 N–H and O–H groups in total. The molecule has 1 aliphatic heterocycles. The Morgan fingerprint density at radius 2 is 1.86 bits per heavy atom. The number of para-hydroxylation sites is 1. The van der Waals surface area contributed by atoms with Gasteiger partial charge in [0.1, 0.15) is 6.04 Å². The number of esters is 2. The molecule has 2 heterocycles. The van der Waals surface area contributed by atoms with E-state index in [2.05, 4.69) is 10.3 Å². The lowest BCUT2D eigenvalue weighted by Gasteiger charge is -2.27. The second-order valence-corrected chi connectivity index (χ2v) is 4.94. The van der Waals surface area contributed by atoms with Crippen LogP contribution >= 0.6 is 0 Å². The summed E-state index contributed by atoms with van der Waals surface area (Å²) in [7, 11) is 2.71. The quantitative estimate of drug-likeness (QED) is 0.813. The number of rotatable bonds is 2. The summed E-state index contributed by atoms with van der Waals surface area (Å²) in [6, 6.07) is 7.05. The first-order chi connectivity index (χ1) is 10.2. The Morgan fingerprint density at radius 3 is 2.57 bits per heavy atom. The van der Waals surface area contributed by atoms with Crippen LogP contribution in [0, 0.1) is 0 Å². The molecule has 6 nitrogen and oxygen atoms in total. The first-order valence-electron chi connectivity index (χ1n) is 6.67. The van der Waals surface area contributed by atoms with Gasteiger partial charge in [-0.3, -0.25) is 10.1 Å². The Labute approximate surface area is 121 Å². The van der Waals surface area contributed by atoms with Crippen LogP contribution < -0.4 is 5.32 Å². The topological polar surface area (TPSA) is 80.4 Å². The van der Waals surface area contributed by atoms with E-state index in [9.17, 15) is 9.59 Å². The van der Waals surface area contributed by atoms with Crippen LogP contribution in [0.1, 0.15) is 23.2 Å². The zero-order chi connectivity index (χ0) is 15.0. The number of fused-ring (bicyclic) bond motifs is 3. The molecular weight excluding hydrogens is 272 g/mol. The SMILES string of the molecule is COC(=O)C1CNC(C(=O)OC)c2[nH]c3ccccc3c21. The molecule has 21 heavy (non-hydrogen) atoms. The number of benzene rings is 1. The van der Waals surface area contributed by atoms with Gasteiger partial charge in [-0.05, 0) is 11.6 Å². The highest BCUT2D eigenvalue weighted by Gasteiger charge is 2.38. The summed E-state index contributed by atoms with van der Waals surface area (Å²) in [6.07, 6.45) is 0. The molecule has 0 saturated heterocycles. The Balaban J connectivity index is 2.20. The Kier molecular flexibility index (Phi) is 3.39. The molecule has 6 heteroatoms. The highest BCUT2D eigenvalue weighted by atomic mass is 16.5. The third-order valence-electron chi connectivity index (χ3n) is 3.86. The summed E-state index contributed by atoms with van der Waals surface area (Å²) in [6.45, 7) is 0.335. The number of H-pyrrole nitrogens is 1. The van der Waals surface area contributed by atoms with Gasteiger partial charge in [0.15, 0.2) is 0 Å². The molecule has 1 aliphatic rings. The smallest absolute Gasteiger partial charge is 0.329 e. The molecule has 1 aromatic carbocycles. The average Bonchev–Trinajstić information content (AvgIpc) is 2.92. The second kappa shape index (κ2) is 5.21. The molecule has 110 valence electrons. The van der Waals surface area contributed by atoms with Crippen molar-refractivity contribution < 1.29 is 19.1 Å². The van der Waals surface area contributed by atoms with Crippen molar-refractivity contribution in [3.05, 3.63) is 35.5 Å². The predicted molar refractivity (Wildman–Crippen MR) is 75.8 cm³/mol. The Bertz CT molecular complexity index is 707. The van der Waals surface area contributed by atoms with Gasteiger partial charge in [0.05, 0.1) is 20.1 Å². The number of ether oxygens (including phenoxy) is 2. The lowest BCUT2D eigenvalue weighted by Crippen LogP contribution is -2.40. The Morgan fingerprint density at radius 1 is 1.14 bits per heavy atom. The monoisotopic (exact) mass is 288 g/mol. The maximum absolute atomic E-state index is 12.0. The predicted octanol–water partition coefficient (Wildman–Crippen LogP) is 1.24. The lowest BCUT2D eigenvalue weighted by atomic mass is 9.89. The van der Waals surface area contributed by atoms with Gasteiger partial charge in [-0.1, -0.05) is 18.2 Å². The van der Waals surface area contributed by atoms with E-state index < -0.39 is 12.0 Å². The molecular formula is C15H16N2O4. The lowest BCUT2D eigenvalue weighted by molar-refractivity contribution is -0.146. The van der Waals surface area contributed by atoms with Crippen LogP contribution in [-0.4, -0.2) is 37.7 Å². The molecule has 2 atom stereocenters. The number of carbonyl (C=O) groups excluding carboxylic acids is 2. The van der Waals surface area contributed by atoms with Gasteiger partial charge in [-0.2, -0.15) is 0 Å². The largest absolute Gasteiger partial charge is 0.469 e. The molecule has 0 amide bonds. The van der Waals surface area contributed by atoms with E-state index >= 15 is 0 Å². The summed E-state index contributed by atoms with van der Waals surface area (Å²) in [4.78, 5) is 27.2. The summed E-state index contributed by atoms with van der Waals surface area (Å²) in [5.74, 6) is -1.15. The van der Waals surface area contributed by atoms with Gasteiger partial charge < -0.3 is 14.5 Å². The van der Waals surface area contributed by atoms with E-state index in [1.807, 2.05) is 24.3 Å². The van der Waals surface area contributed by atoms with E-state index in [0.29, 0.717) is 12.2 Å². The first-order valence-corrected chi connectivity index (χ1v) is 6.67. The molecule has 0 radical (unpaired) electrons. The van der Waals surface area contributed by atoms with Crippen LogP contribution in [0.25, 0.3) is 10.9 Å². The van der Waals surface area contributed by atoms with Gasteiger partial charge in [-0.25, -0.2) is 4.79 Å². The molecule has 2 aromatic rings. The van der Waals surface area contributed by atoms with Crippen LogP contribution in [0.3, 0.4) is 0 Å². The van der Waals surface area contributed by atoms with Crippen molar-refractivity contribution in [3.8, 4) is 0 Å². The van der Waals surface area contributed by atoms with Crippen LogP contribution in [-0.2, 0) is 19.1 Å². The number of aromatic nitrogens is 1. The van der Waals surface area contributed by atoms with Crippen molar-refractivity contribution in [1.82, 2.24) is 10.3 Å². The molecule has 0 saturated carbocycles. The molecule has 0 spiro atoms. The third kappa shape index (κ3) is 2.08. The number of hydrogen-bond donors (Lipinski definition) is 2. The maximum Gasteiger partial charge on any atom is 0.329 e. The van der Waals surface area contributed by atoms with Gasteiger partial charge in [-0.15, -0.1) is 0 Å². The summed E-state index contributed by atoms with van der Waals surface area (Å²) in [5.41, 5.74) is 2.37. The number of methoxy groups -OCH3 is 2. The normalized spacial score (nSPS) is 20.9. The molecule has 0 aliphatic carbocycles. The van der Waals surface area contributed by atoms with Crippen molar-refractivity contribution >= 4 is 22.8 Å². The average molecular weight is 288 g/mol. The maximum atomic E-state index is 12.0. The van der Waals surface area contributed by atoms with Gasteiger partial charge >= 0.3 is 11.9 Å². The number of hydrogen-bond acceptors (Lipinski definition) is 5. The van der Waals surface area contributed by atoms with E-state index in [1.165, 1.54) is 14.2 Å². The standard InChI is InChI=1S/C15H16N2O4/c1-20-14(18)9-7-16-13(15(19)21-2)12-11(9)8-5-3-4-6-10(8)17-12/h3-6,9,13,16-17H,7H2,1-2H3. The molecule has 3 rings (SSSR count). The van der Waals surface area contributed by atoms with E-state index in [1.54, 1.807) is 0 Å². The van der Waals surface area contributed by atoms with Gasteiger partial charge in [0.2, 0.25) is 0 Å². The van der Waals surface area contributed by atoms with Crippen molar-refractivity contribution in [2.24, 2.45) is 0 Å². The van der Waals surface area contributed by atoms with Crippen LogP contribution in [0.4, 0.5) is 0 Å². The zero-order valence-corrected chi connectivity index (χ0v) is 11.8. The van der Waals surface area contributed by atoms with Crippen molar-refractivity contribution in [1.29, 1.82) is 0 Å². The third-order valence-corrected chi connectivity index (χ3v) is 3.86. The van der Waals surface area contributed by atoms with Crippen molar-refractivity contribution in [3.63, 3.8) is 0 Å². The fraction of sp³-hybridized carbons (Fsp3) is 0.333. The fourth-order valence-electron chi connectivity index (χ4n) is 2.89. The van der Waals surface area contributed by atoms with Crippen LogP contribution in [0.15, 0.2) is 24.3 Å². The van der Waals surface area contributed by atoms with E-state index in [4.69, 9.17) is 9.47 Å². The van der Waals surface area contributed by atoms with Crippen LogP contribution in [0.2, 0.25) is 0 Å². The summed E-state index contributed by atoms with van der Waals surface area (Å²) in [5, 5.41) is 3.97.